The summed E-state index contributed by atoms with van der Waals surface area (Å²) in [4.78, 5) is 19.8. The first-order valence-electron chi connectivity index (χ1n) is 9.70. The first-order chi connectivity index (χ1) is 14.8. The molecule has 31 heavy (non-hydrogen) atoms. The van der Waals surface area contributed by atoms with Gasteiger partial charge in [0.25, 0.3) is 0 Å². The predicted molar refractivity (Wildman–Crippen MR) is 135 cm³/mol. The molecule has 2 atom stereocenters. The molecule has 0 unspecified atom stereocenters. The Morgan fingerprint density at radius 1 is 1.32 bits per heavy atom. The van der Waals surface area contributed by atoms with Crippen molar-refractivity contribution in [2.24, 2.45) is 5.92 Å². The number of thiocarbonyl (C=S) groups is 1. The van der Waals surface area contributed by atoms with Gasteiger partial charge in [0.15, 0.2) is 5.11 Å². The number of rotatable bonds is 5. The highest BCUT2D eigenvalue weighted by Gasteiger charge is 2.41. The molecule has 2 N–H and O–H groups in total. The number of nitrogens with zero attached hydrogens (tertiary/aromatic N) is 2. The Morgan fingerprint density at radius 2 is 2.13 bits per heavy atom. The fraction of sp³-hybridized carbons (Fsp3) is 0.227. The maximum atomic E-state index is 12.1. The third-order valence-corrected chi connectivity index (χ3v) is 7.38. The third kappa shape index (κ3) is 4.62. The average Bonchev–Trinajstić information content (AvgIpc) is 3.32. The number of benzene rings is 1. The molecule has 3 heterocycles. The van der Waals surface area contributed by atoms with Crippen molar-refractivity contribution in [1.29, 1.82) is 0 Å². The van der Waals surface area contributed by atoms with E-state index in [2.05, 4.69) is 47.9 Å². The summed E-state index contributed by atoms with van der Waals surface area (Å²) in [5, 5.41) is 9.41. The van der Waals surface area contributed by atoms with E-state index in [1.165, 1.54) is 0 Å². The van der Waals surface area contributed by atoms with E-state index in [4.69, 9.17) is 23.8 Å². The number of carbonyl (C=O) groups excluding carboxylic acids is 1. The van der Waals surface area contributed by atoms with Crippen LogP contribution in [0.5, 0.6) is 0 Å². The predicted octanol–water partition coefficient (Wildman–Crippen LogP) is 6.33. The number of carbonyl (C=O) groups is 1. The van der Waals surface area contributed by atoms with E-state index in [1.54, 1.807) is 17.5 Å². The zero-order valence-electron chi connectivity index (χ0n) is 16.8. The Bertz CT molecular complexity index is 1120. The van der Waals surface area contributed by atoms with Crippen molar-refractivity contribution in [2.45, 2.75) is 25.9 Å². The van der Waals surface area contributed by atoms with Gasteiger partial charge in [0.1, 0.15) is 0 Å². The zero-order valence-corrected chi connectivity index (χ0v) is 20.8. The van der Waals surface area contributed by atoms with Gasteiger partial charge < -0.3 is 15.5 Å². The first kappa shape index (κ1) is 22.2. The maximum Gasteiger partial charge on any atom is 0.226 e. The molecule has 9 heteroatoms. The minimum Gasteiger partial charge on any atom is -0.351 e. The van der Waals surface area contributed by atoms with E-state index in [-0.39, 0.29) is 23.9 Å². The van der Waals surface area contributed by atoms with Crippen LogP contribution in [0, 0.1) is 5.92 Å². The molecule has 1 aromatic carbocycles. The SMILES string of the molecule is CC(C)C(=O)Nc1ccc(N2C(=S)N[C@@H](c3ccccn3)[C@H]2c2cc(Br)cs2)cc1Cl. The van der Waals surface area contributed by atoms with Crippen LogP contribution in [-0.4, -0.2) is 16.0 Å². The van der Waals surface area contributed by atoms with E-state index in [1.807, 2.05) is 50.2 Å². The number of aromatic nitrogens is 1. The number of hydrogen-bond donors (Lipinski definition) is 2. The molecule has 0 bridgehead atoms. The minimum atomic E-state index is -0.133. The molecule has 1 aliphatic heterocycles. The van der Waals surface area contributed by atoms with Gasteiger partial charge >= 0.3 is 0 Å². The number of anilines is 2. The lowest BCUT2D eigenvalue weighted by Gasteiger charge is -2.27. The number of halogens is 2. The van der Waals surface area contributed by atoms with Crippen molar-refractivity contribution in [1.82, 2.24) is 10.3 Å². The maximum absolute atomic E-state index is 12.1. The number of nitrogens with one attached hydrogen (secondary N) is 2. The van der Waals surface area contributed by atoms with Gasteiger partial charge in [-0.05, 0) is 64.5 Å². The van der Waals surface area contributed by atoms with E-state index < -0.39 is 0 Å². The Balaban J connectivity index is 1.73. The third-order valence-electron chi connectivity index (χ3n) is 4.99. The van der Waals surface area contributed by atoms with Gasteiger partial charge in [0.2, 0.25) is 5.91 Å². The molecule has 5 nitrogen and oxygen atoms in total. The second-order valence-corrected chi connectivity index (χ2v) is 10.1. The van der Waals surface area contributed by atoms with Crippen molar-refractivity contribution >= 4 is 73.5 Å². The molecule has 1 aliphatic rings. The molecular formula is C22H20BrClN4OS2. The molecule has 0 spiro atoms. The van der Waals surface area contributed by atoms with Crippen molar-refractivity contribution in [2.75, 3.05) is 10.2 Å². The van der Waals surface area contributed by atoms with Crippen LogP contribution in [-0.2, 0) is 4.79 Å². The van der Waals surface area contributed by atoms with Crippen molar-refractivity contribution in [3.8, 4) is 0 Å². The van der Waals surface area contributed by atoms with Crippen LogP contribution in [0.25, 0.3) is 0 Å². The summed E-state index contributed by atoms with van der Waals surface area (Å²) in [6.45, 7) is 3.68. The lowest BCUT2D eigenvalue weighted by molar-refractivity contribution is -0.118. The highest BCUT2D eigenvalue weighted by Crippen LogP contribution is 2.45. The second-order valence-electron chi connectivity index (χ2n) is 7.47. The highest BCUT2D eigenvalue weighted by atomic mass is 79.9. The van der Waals surface area contributed by atoms with Gasteiger partial charge in [0.05, 0.1) is 28.5 Å². The van der Waals surface area contributed by atoms with Crippen LogP contribution >= 0.6 is 51.1 Å². The van der Waals surface area contributed by atoms with Gasteiger partial charge in [-0.3, -0.25) is 9.78 Å². The fourth-order valence-corrected chi connectivity index (χ4v) is 5.58. The second kappa shape index (κ2) is 9.24. The smallest absolute Gasteiger partial charge is 0.226 e. The van der Waals surface area contributed by atoms with Crippen LogP contribution < -0.4 is 15.5 Å². The van der Waals surface area contributed by atoms with E-state index in [0.29, 0.717) is 15.8 Å². The summed E-state index contributed by atoms with van der Waals surface area (Å²) in [5.41, 5.74) is 2.34. The van der Waals surface area contributed by atoms with E-state index >= 15 is 0 Å². The van der Waals surface area contributed by atoms with Gasteiger partial charge in [-0.1, -0.05) is 31.5 Å². The molecule has 0 radical (unpaired) electrons. The monoisotopic (exact) mass is 534 g/mol. The largest absolute Gasteiger partial charge is 0.351 e. The van der Waals surface area contributed by atoms with Crippen LogP contribution in [0.1, 0.15) is 36.5 Å². The topological polar surface area (TPSA) is 57.3 Å². The van der Waals surface area contributed by atoms with Gasteiger partial charge in [0, 0.05) is 32.5 Å². The van der Waals surface area contributed by atoms with Crippen molar-refractivity contribution in [3.63, 3.8) is 0 Å². The summed E-state index contributed by atoms with van der Waals surface area (Å²) >= 11 is 17.5. The van der Waals surface area contributed by atoms with Crippen LogP contribution in [0.2, 0.25) is 5.02 Å². The standard InChI is InChI=1S/C22H20BrClN4OS2/c1-12(2)21(29)26-16-7-6-14(10-15(16)24)28-20(18-9-13(23)11-31-18)19(27-22(28)30)17-5-3-4-8-25-17/h3-12,19-20H,1-2H3,(H,26,29)(H,27,30)/t19-,20+/m0/s1. The molecule has 1 saturated heterocycles. The average molecular weight is 536 g/mol. The normalized spacial score (nSPS) is 18.4. The molecule has 3 aromatic rings. The van der Waals surface area contributed by atoms with Crippen LogP contribution in [0.15, 0.2) is 58.5 Å². The Kier molecular flexibility index (Phi) is 6.62. The van der Waals surface area contributed by atoms with Crippen molar-refractivity contribution in [3.05, 3.63) is 74.1 Å². The quantitative estimate of drug-likeness (QED) is 0.374. The molecule has 0 saturated carbocycles. The Labute approximate surface area is 204 Å². The minimum absolute atomic E-state index is 0.0791. The lowest BCUT2D eigenvalue weighted by atomic mass is 10.0. The van der Waals surface area contributed by atoms with Gasteiger partial charge in [-0.25, -0.2) is 0 Å². The highest BCUT2D eigenvalue weighted by molar-refractivity contribution is 9.10. The summed E-state index contributed by atoms with van der Waals surface area (Å²) in [7, 11) is 0. The molecule has 0 aliphatic carbocycles. The van der Waals surface area contributed by atoms with Crippen LogP contribution in [0.3, 0.4) is 0 Å². The zero-order chi connectivity index (χ0) is 22.1. The summed E-state index contributed by atoms with van der Waals surface area (Å²) in [6, 6.07) is 13.3. The van der Waals surface area contributed by atoms with Crippen LogP contribution in [0.4, 0.5) is 11.4 Å². The first-order valence-corrected chi connectivity index (χ1v) is 12.2. The number of hydrogen-bond acceptors (Lipinski definition) is 4. The molecule has 160 valence electrons. The number of thiophene rings is 1. The van der Waals surface area contributed by atoms with Gasteiger partial charge in [-0.15, -0.1) is 11.3 Å². The summed E-state index contributed by atoms with van der Waals surface area (Å²) in [6.07, 6.45) is 1.78. The van der Waals surface area contributed by atoms with Gasteiger partial charge in [-0.2, -0.15) is 0 Å². The fourth-order valence-electron chi connectivity index (χ4n) is 3.44. The number of pyridine rings is 1. The van der Waals surface area contributed by atoms with E-state index in [9.17, 15) is 4.79 Å². The summed E-state index contributed by atoms with van der Waals surface area (Å²) in [5.74, 6) is -0.212. The molecule has 2 aromatic heterocycles. The molecule has 1 amide bonds. The lowest BCUT2D eigenvalue weighted by Crippen LogP contribution is -2.29. The summed E-state index contributed by atoms with van der Waals surface area (Å²) < 4.78 is 1.02. The Morgan fingerprint density at radius 3 is 2.74 bits per heavy atom. The molecule has 4 rings (SSSR count). The van der Waals surface area contributed by atoms with Crippen molar-refractivity contribution < 1.29 is 4.79 Å². The molecular weight excluding hydrogens is 516 g/mol. The Hall–Kier alpha value is -2.00. The van der Waals surface area contributed by atoms with E-state index in [0.717, 1.165) is 20.7 Å². The number of amides is 1. The molecule has 1 fully saturated rings.